The number of nitrogens with one attached hydrogen (secondary N) is 1. The lowest BCUT2D eigenvalue weighted by atomic mass is 10.1. The van der Waals surface area contributed by atoms with E-state index in [1.54, 1.807) is 0 Å². The predicted molar refractivity (Wildman–Crippen MR) is 76.5 cm³/mol. The summed E-state index contributed by atoms with van der Waals surface area (Å²) in [6.07, 6.45) is -4.51. The number of rotatable bonds is 3. The number of benzene rings is 1. The number of anilines is 1. The van der Waals surface area contributed by atoms with Crippen molar-refractivity contribution in [3.05, 3.63) is 46.8 Å². The maximum Gasteiger partial charge on any atom is 0.435 e. The van der Waals surface area contributed by atoms with Gasteiger partial charge in [-0.1, -0.05) is 12.1 Å². The van der Waals surface area contributed by atoms with Gasteiger partial charge in [-0.2, -0.15) is 18.3 Å². The van der Waals surface area contributed by atoms with Crippen molar-refractivity contribution >= 4 is 11.6 Å². The Balaban J connectivity index is 2.13. The Labute approximate surface area is 125 Å². The fourth-order valence-electron chi connectivity index (χ4n) is 2.01. The number of hydrogen-bond donors (Lipinski definition) is 1. The Hall–Kier alpha value is -2.31. The molecule has 0 aliphatic rings. The van der Waals surface area contributed by atoms with E-state index in [2.05, 4.69) is 10.4 Å². The largest absolute Gasteiger partial charge is 0.435 e. The van der Waals surface area contributed by atoms with Gasteiger partial charge in [-0.25, -0.2) is 0 Å². The highest BCUT2D eigenvalue weighted by Gasteiger charge is 2.34. The molecule has 0 fully saturated rings. The molecule has 1 heterocycles. The molecule has 0 radical (unpaired) electrons. The highest BCUT2D eigenvalue weighted by Crippen LogP contribution is 2.28. The van der Waals surface area contributed by atoms with Crippen molar-refractivity contribution in [2.75, 3.05) is 5.32 Å². The van der Waals surface area contributed by atoms with Crippen LogP contribution in [0.2, 0.25) is 0 Å². The summed E-state index contributed by atoms with van der Waals surface area (Å²) in [6.45, 7) is 4.95. The summed E-state index contributed by atoms with van der Waals surface area (Å²) in [4.78, 5) is 12.0. The zero-order chi connectivity index (χ0) is 16.5. The summed E-state index contributed by atoms with van der Waals surface area (Å²) in [5.74, 6) is -0.423. The zero-order valence-electron chi connectivity index (χ0n) is 12.5. The van der Waals surface area contributed by atoms with Crippen molar-refractivity contribution in [3.63, 3.8) is 0 Å². The average molecular weight is 311 g/mol. The summed E-state index contributed by atoms with van der Waals surface area (Å²) in [5.41, 5.74) is 1.79. The number of aryl methyl sites for hydroxylation is 3. The van der Waals surface area contributed by atoms with Gasteiger partial charge in [0, 0.05) is 11.4 Å². The van der Waals surface area contributed by atoms with Crippen molar-refractivity contribution < 1.29 is 18.0 Å². The molecule has 0 aliphatic carbocycles. The number of alkyl halides is 3. The first-order valence-electron chi connectivity index (χ1n) is 6.65. The lowest BCUT2D eigenvalue weighted by molar-refractivity contribution is -0.141. The first kappa shape index (κ1) is 16.1. The van der Waals surface area contributed by atoms with Crippen LogP contribution in [0.25, 0.3) is 0 Å². The Morgan fingerprint density at radius 1 is 1.23 bits per heavy atom. The molecular weight excluding hydrogens is 295 g/mol. The predicted octanol–water partition coefficient (Wildman–Crippen LogP) is 3.47. The van der Waals surface area contributed by atoms with Crippen molar-refractivity contribution in [1.82, 2.24) is 9.78 Å². The van der Waals surface area contributed by atoms with E-state index in [1.807, 2.05) is 32.0 Å². The minimum atomic E-state index is -4.51. The molecule has 22 heavy (non-hydrogen) atoms. The zero-order valence-corrected chi connectivity index (χ0v) is 12.5. The molecular formula is C15H16F3N3O. The van der Waals surface area contributed by atoms with Gasteiger partial charge in [-0.3, -0.25) is 9.48 Å². The van der Waals surface area contributed by atoms with Gasteiger partial charge in [0.2, 0.25) is 5.91 Å². The van der Waals surface area contributed by atoms with Crippen molar-refractivity contribution in [1.29, 1.82) is 0 Å². The first-order valence-corrected chi connectivity index (χ1v) is 6.65. The van der Waals surface area contributed by atoms with E-state index >= 15 is 0 Å². The van der Waals surface area contributed by atoms with Crippen LogP contribution in [0.15, 0.2) is 24.3 Å². The minimum absolute atomic E-state index is 0.269. The Morgan fingerprint density at radius 2 is 1.91 bits per heavy atom. The van der Waals surface area contributed by atoms with Crippen LogP contribution in [-0.2, 0) is 17.5 Å². The lowest BCUT2D eigenvalue weighted by Crippen LogP contribution is -2.21. The monoisotopic (exact) mass is 311 g/mol. The molecule has 7 heteroatoms. The molecule has 1 amide bonds. The smallest absolute Gasteiger partial charge is 0.324 e. The second-order valence-electron chi connectivity index (χ2n) is 5.19. The van der Waals surface area contributed by atoms with E-state index in [-0.39, 0.29) is 12.2 Å². The molecule has 0 unspecified atom stereocenters. The molecule has 0 saturated carbocycles. The van der Waals surface area contributed by atoms with E-state index < -0.39 is 17.8 Å². The minimum Gasteiger partial charge on any atom is -0.324 e. The Bertz CT molecular complexity index is 705. The third-order valence-electron chi connectivity index (χ3n) is 3.23. The maximum atomic E-state index is 12.6. The number of nitrogens with zero attached hydrogens (tertiary/aromatic N) is 2. The van der Waals surface area contributed by atoms with E-state index in [9.17, 15) is 18.0 Å². The second kappa shape index (κ2) is 5.82. The molecule has 0 aliphatic heterocycles. The van der Waals surface area contributed by atoms with E-state index in [4.69, 9.17) is 0 Å². The fraction of sp³-hybridized carbons (Fsp3) is 0.333. The van der Waals surface area contributed by atoms with Crippen LogP contribution >= 0.6 is 0 Å². The molecule has 0 atom stereocenters. The van der Waals surface area contributed by atoms with Gasteiger partial charge in [0.25, 0.3) is 0 Å². The second-order valence-corrected chi connectivity index (χ2v) is 5.19. The molecule has 0 bridgehead atoms. The molecule has 4 nitrogen and oxygen atoms in total. The quantitative estimate of drug-likeness (QED) is 0.943. The normalized spacial score (nSPS) is 11.5. The number of hydrogen-bond acceptors (Lipinski definition) is 2. The van der Waals surface area contributed by atoms with Crippen LogP contribution in [-0.4, -0.2) is 15.7 Å². The van der Waals surface area contributed by atoms with Gasteiger partial charge in [0.15, 0.2) is 5.69 Å². The fourth-order valence-corrected chi connectivity index (χ4v) is 2.01. The van der Waals surface area contributed by atoms with E-state index in [0.717, 1.165) is 21.9 Å². The van der Waals surface area contributed by atoms with E-state index in [1.165, 1.54) is 6.92 Å². The Kier molecular flexibility index (Phi) is 4.25. The molecule has 118 valence electrons. The highest BCUT2D eigenvalue weighted by molar-refractivity contribution is 5.91. The first-order chi connectivity index (χ1) is 10.2. The van der Waals surface area contributed by atoms with Gasteiger partial charge in [-0.15, -0.1) is 0 Å². The summed E-state index contributed by atoms with van der Waals surface area (Å²) >= 11 is 0. The van der Waals surface area contributed by atoms with Crippen LogP contribution in [0.4, 0.5) is 18.9 Å². The lowest BCUT2D eigenvalue weighted by Gasteiger charge is -2.10. The van der Waals surface area contributed by atoms with E-state index in [0.29, 0.717) is 5.69 Å². The van der Waals surface area contributed by atoms with Gasteiger partial charge in [0.05, 0.1) is 0 Å². The molecule has 2 rings (SSSR count). The third-order valence-corrected chi connectivity index (χ3v) is 3.23. The molecule has 0 spiro atoms. The molecule has 0 saturated heterocycles. The summed E-state index contributed by atoms with van der Waals surface area (Å²) in [5, 5.41) is 6.13. The maximum absolute atomic E-state index is 12.6. The number of amides is 1. The van der Waals surface area contributed by atoms with Gasteiger partial charge in [0.1, 0.15) is 6.54 Å². The van der Waals surface area contributed by atoms with Gasteiger partial charge >= 0.3 is 6.18 Å². The third kappa shape index (κ3) is 3.66. The summed E-state index contributed by atoms with van der Waals surface area (Å²) in [7, 11) is 0. The van der Waals surface area contributed by atoms with Crippen LogP contribution in [0, 0.1) is 20.8 Å². The van der Waals surface area contributed by atoms with Crippen molar-refractivity contribution in [2.45, 2.75) is 33.5 Å². The van der Waals surface area contributed by atoms with Gasteiger partial charge < -0.3 is 5.32 Å². The van der Waals surface area contributed by atoms with Gasteiger partial charge in [-0.05, 0) is 44.0 Å². The summed E-state index contributed by atoms with van der Waals surface area (Å²) < 4.78 is 38.8. The highest BCUT2D eigenvalue weighted by atomic mass is 19.4. The number of carbonyl (C=O) groups is 1. The van der Waals surface area contributed by atoms with Crippen LogP contribution in [0.5, 0.6) is 0 Å². The van der Waals surface area contributed by atoms with Crippen LogP contribution in [0.3, 0.4) is 0 Å². The SMILES string of the molecule is Cc1ccc(C)c(NC(=O)Cn2nc(C(F)(F)F)cc2C)c1. The summed E-state index contributed by atoms with van der Waals surface area (Å²) in [6, 6.07) is 6.51. The van der Waals surface area contributed by atoms with Crippen molar-refractivity contribution in [2.24, 2.45) is 0 Å². The number of halogens is 3. The molecule has 1 aromatic carbocycles. The molecule has 1 aromatic heterocycles. The topological polar surface area (TPSA) is 46.9 Å². The molecule has 2 aromatic rings. The Morgan fingerprint density at radius 3 is 2.50 bits per heavy atom. The van der Waals surface area contributed by atoms with Crippen LogP contribution in [0.1, 0.15) is 22.5 Å². The van der Waals surface area contributed by atoms with Crippen LogP contribution < -0.4 is 5.32 Å². The van der Waals surface area contributed by atoms with Crippen molar-refractivity contribution in [3.8, 4) is 0 Å². The average Bonchev–Trinajstić information content (AvgIpc) is 2.75. The molecule has 1 N–H and O–H groups in total. The number of carbonyl (C=O) groups excluding carboxylic acids is 1. The number of aromatic nitrogens is 2. The standard InChI is InChI=1S/C15H16F3N3O/c1-9-4-5-10(2)12(6-9)19-14(22)8-21-11(3)7-13(20-21)15(16,17)18/h4-7H,8H2,1-3H3,(H,19,22).